The van der Waals surface area contributed by atoms with Crippen LogP contribution in [0.3, 0.4) is 0 Å². The Bertz CT molecular complexity index is 1770. The average Bonchev–Trinajstić information content (AvgIpc) is 3.10. The van der Waals surface area contributed by atoms with Crippen molar-refractivity contribution in [2.24, 2.45) is 0 Å². The molecule has 4 aromatic rings. The van der Waals surface area contributed by atoms with Crippen LogP contribution < -0.4 is 10.6 Å². The van der Waals surface area contributed by atoms with E-state index in [9.17, 15) is 9.59 Å². The van der Waals surface area contributed by atoms with E-state index in [4.69, 9.17) is 25.4 Å². The van der Waals surface area contributed by atoms with Crippen molar-refractivity contribution in [3.63, 3.8) is 0 Å². The topological polar surface area (TPSA) is 95.1 Å². The van der Waals surface area contributed by atoms with E-state index >= 15 is 0 Å². The molecule has 4 aromatic carbocycles. The van der Waals surface area contributed by atoms with Crippen LogP contribution in [-0.2, 0) is 65.7 Å². The number of terminal acetylenes is 1. The smallest absolute Gasteiger partial charge is 0.407 e. The van der Waals surface area contributed by atoms with Gasteiger partial charge in [0.1, 0.15) is 24.4 Å². The molecule has 0 saturated heterocycles. The minimum atomic E-state index is -0.503. The van der Waals surface area contributed by atoms with E-state index in [1.165, 1.54) is 0 Å². The molecule has 0 aliphatic carbocycles. The molecule has 2 N–H and O–H groups in total. The van der Waals surface area contributed by atoms with E-state index in [0.717, 1.165) is 31.4 Å². The number of nitrogens with one attached hydrogen (secondary N) is 2. The van der Waals surface area contributed by atoms with Crippen molar-refractivity contribution in [3.8, 4) is 24.2 Å². The van der Waals surface area contributed by atoms with Crippen molar-refractivity contribution >= 4 is 34.8 Å². The summed E-state index contributed by atoms with van der Waals surface area (Å²) in [5.41, 5.74) is 4.25. The Balaban J connectivity index is 0.000000443. The molecule has 4 rings (SSSR count). The van der Waals surface area contributed by atoms with E-state index in [1.54, 1.807) is 0 Å². The van der Waals surface area contributed by atoms with Crippen LogP contribution in [0.1, 0.15) is 69.4 Å². The largest absolute Gasteiger partial charge is 0.444 e. The first-order valence-electron chi connectivity index (χ1n) is 17.1. The predicted molar refractivity (Wildman–Crippen MR) is 220 cm³/mol. The number of ether oxygens (including phenoxy) is 4. The van der Waals surface area contributed by atoms with Crippen LogP contribution in [0.15, 0.2) is 109 Å². The molecule has 0 atom stereocenters. The van der Waals surface area contributed by atoms with Gasteiger partial charge < -0.3 is 29.6 Å². The average molecular weight is 937 g/mol. The monoisotopic (exact) mass is 936 g/mol. The van der Waals surface area contributed by atoms with Crippen LogP contribution in [0.2, 0.25) is 0 Å². The second-order valence-corrected chi connectivity index (χ2v) is 14.7. The maximum Gasteiger partial charge on any atom is 0.407 e. The zero-order chi connectivity index (χ0) is 39.0. The van der Waals surface area contributed by atoms with Gasteiger partial charge in [-0.2, -0.15) is 0 Å². The summed E-state index contributed by atoms with van der Waals surface area (Å²) in [5, 5.41) is 5.46. The summed E-state index contributed by atoms with van der Waals surface area (Å²) in [6.07, 6.45) is 4.21. The standard InChI is InChI=1S/C22H25NO3.C12H16INO2.C10H10O.Pd/c1-22(2,3)26-21(24)23-16-20-12-7-11-18(15-20)13-8-14-25-17-19-9-5-4-6-10-19;1-12(2,3)16-11(15)14-8-9-5-4-6-10(13)7-9;1-2-8-11-9-10-6-4-3-5-7-10;/h4-7,9-12,15H,14,16-17H2,1-3H3,(H,23,24);4-7H,8H2,1-3H3,(H,14,15);1,3-7H,8-9H2;. The predicted octanol–water partition coefficient (Wildman–Crippen LogP) is 9.43. The number of carbonyl (C=O) groups is 2. The van der Waals surface area contributed by atoms with Gasteiger partial charge in [-0.05, 0) is 111 Å². The van der Waals surface area contributed by atoms with E-state index in [2.05, 4.69) is 51.0 Å². The Kier molecular flexibility index (Phi) is 23.6. The van der Waals surface area contributed by atoms with Crippen molar-refractivity contribution in [2.75, 3.05) is 13.2 Å². The number of benzene rings is 4. The SMILES string of the molecule is C#CCOCc1ccccc1.CC(C)(C)OC(=O)NCc1cccc(C#CCOCc2ccccc2)c1.CC(C)(C)OC(=O)NCc1cccc(I)c1.[Pd]. The van der Waals surface area contributed by atoms with Crippen LogP contribution in [-0.4, -0.2) is 36.6 Å². The fourth-order valence-electron chi connectivity index (χ4n) is 4.12. The minimum absolute atomic E-state index is 0. The Morgan fingerprint density at radius 3 is 1.54 bits per heavy atom. The van der Waals surface area contributed by atoms with E-state index in [-0.39, 0.29) is 26.5 Å². The normalized spacial score (nSPS) is 10.2. The molecule has 0 heterocycles. The first-order chi connectivity index (χ1) is 25.2. The maximum atomic E-state index is 11.7. The number of rotatable bonds is 10. The molecule has 0 aromatic heterocycles. The summed E-state index contributed by atoms with van der Waals surface area (Å²) in [5.74, 6) is 8.50. The van der Waals surface area contributed by atoms with Crippen molar-refractivity contribution in [3.05, 3.63) is 141 Å². The Morgan fingerprint density at radius 1 is 0.630 bits per heavy atom. The van der Waals surface area contributed by atoms with Gasteiger partial charge in [-0.15, -0.1) is 6.42 Å². The molecule has 290 valence electrons. The molecule has 54 heavy (non-hydrogen) atoms. The van der Waals surface area contributed by atoms with Crippen LogP contribution in [0.25, 0.3) is 0 Å². The third-order valence-electron chi connectivity index (χ3n) is 6.30. The second kappa shape index (κ2) is 26.6. The third-order valence-corrected chi connectivity index (χ3v) is 6.97. The van der Waals surface area contributed by atoms with Crippen molar-refractivity contribution < 1.29 is 49.0 Å². The molecular weight excluding hydrogens is 886 g/mol. The van der Waals surface area contributed by atoms with Crippen molar-refractivity contribution in [1.82, 2.24) is 10.6 Å². The van der Waals surface area contributed by atoms with Gasteiger partial charge in [0, 0.05) is 42.6 Å². The fraction of sp³-hybridized carbons (Fsp3) is 0.318. The van der Waals surface area contributed by atoms with E-state index in [0.29, 0.717) is 39.5 Å². The first-order valence-corrected chi connectivity index (χ1v) is 18.2. The zero-order valence-electron chi connectivity index (χ0n) is 31.9. The van der Waals surface area contributed by atoms with Crippen molar-refractivity contribution in [2.45, 2.75) is 79.0 Å². The number of alkyl carbamates (subject to hydrolysis) is 2. The molecule has 0 radical (unpaired) electrons. The Morgan fingerprint density at radius 2 is 1.07 bits per heavy atom. The molecular formula is C44H51IN2O6Pd. The summed E-state index contributed by atoms with van der Waals surface area (Å²) in [6, 6.07) is 35.7. The maximum absolute atomic E-state index is 11.7. The van der Waals surface area contributed by atoms with Crippen LogP contribution >= 0.6 is 22.6 Å². The van der Waals surface area contributed by atoms with Gasteiger partial charge in [-0.1, -0.05) is 103 Å². The molecule has 0 bridgehead atoms. The third kappa shape index (κ3) is 25.0. The molecule has 10 heteroatoms. The first kappa shape index (κ1) is 47.9. The van der Waals surface area contributed by atoms with Crippen molar-refractivity contribution in [1.29, 1.82) is 0 Å². The number of amides is 2. The van der Waals surface area contributed by atoms with Gasteiger partial charge in [-0.3, -0.25) is 0 Å². The summed E-state index contributed by atoms with van der Waals surface area (Å²) in [7, 11) is 0. The molecule has 0 aliphatic rings. The molecule has 0 unspecified atom stereocenters. The molecule has 0 fully saturated rings. The summed E-state index contributed by atoms with van der Waals surface area (Å²) < 4.78 is 22.2. The van der Waals surface area contributed by atoms with E-state index in [1.807, 2.05) is 151 Å². The van der Waals surface area contributed by atoms with Gasteiger partial charge in [-0.25, -0.2) is 9.59 Å². The van der Waals surface area contributed by atoms with Gasteiger partial charge in [0.15, 0.2) is 0 Å². The van der Waals surface area contributed by atoms with Crippen LogP contribution in [0, 0.1) is 27.8 Å². The minimum Gasteiger partial charge on any atom is -0.444 e. The molecule has 8 nitrogen and oxygen atoms in total. The number of carbonyl (C=O) groups excluding carboxylic acids is 2. The van der Waals surface area contributed by atoms with E-state index < -0.39 is 17.3 Å². The Labute approximate surface area is 349 Å². The fourth-order valence-corrected chi connectivity index (χ4v) is 4.72. The summed E-state index contributed by atoms with van der Waals surface area (Å²) in [4.78, 5) is 23.1. The quantitative estimate of drug-likeness (QED) is 0.0713. The molecule has 0 spiro atoms. The van der Waals surface area contributed by atoms with Gasteiger partial charge in [0.2, 0.25) is 0 Å². The number of halogens is 1. The Hall–Kier alpha value is -4.15. The summed E-state index contributed by atoms with van der Waals surface area (Å²) >= 11 is 2.24. The molecule has 0 saturated carbocycles. The molecule has 2 amide bonds. The number of hydrogen-bond acceptors (Lipinski definition) is 6. The van der Waals surface area contributed by atoms with Gasteiger partial charge in [0.05, 0.1) is 13.2 Å². The second-order valence-electron chi connectivity index (χ2n) is 13.5. The van der Waals surface area contributed by atoms with Gasteiger partial charge in [0.25, 0.3) is 0 Å². The van der Waals surface area contributed by atoms with Crippen LogP contribution in [0.4, 0.5) is 9.59 Å². The summed E-state index contributed by atoms with van der Waals surface area (Å²) in [6.45, 7) is 13.8. The van der Waals surface area contributed by atoms with Gasteiger partial charge >= 0.3 is 12.2 Å². The zero-order valence-corrected chi connectivity index (χ0v) is 35.6. The molecule has 0 aliphatic heterocycles. The number of hydrogen-bond donors (Lipinski definition) is 2. The van der Waals surface area contributed by atoms with Crippen LogP contribution in [0.5, 0.6) is 0 Å².